The standard InChI is InChI=1S/C28H26FN5O4.C27H22F5N5O2/c1-15-18(16(2)35)5-6-20-19(15)7-9-22(20)33-28(37)24-13-23(32-26-10-11-31-34(24)26)27(36)30-14-17-4-8-21(29)25(12-17)38-3;1-13-3-5-17-16(14(13)2)6-8-21(17)36-26(39)23-10-22(35-24-20(29)12-34-37(23)24)25(38)33-11-15-4-7-19(28)18(9-15)27(30,31)32/h4-6,8,10-13,22H,7,9,14H2,1-3H3,(H,30,36)(H,33,37);3-5,7,9-10,12,21H,6,8,11H2,1-2H3,(H,33,38)(H,36,39)/t22-;21-/m00/s1. The zero-order valence-electron chi connectivity index (χ0n) is 42.0. The number of aromatic nitrogens is 6. The first-order valence-corrected chi connectivity index (χ1v) is 24.2. The lowest BCUT2D eigenvalue weighted by Gasteiger charge is -2.16. The number of fused-ring (bicyclic) bond motifs is 4. The van der Waals surface area contributed by atoms with Gasteiger partial charge < -0.3 is 26.0 Å². The van der Waals surface area contributed by atoms with Crippen LogP contribution in [-0.2, 0) is 32.1 Å². The van der Waals surface area contributed by atoms with Crippen molar-refractivity contribution in [2.24, 2.45) is 0 Å². The van der Waals surface area contributed by atoms with E-state index in [9.17, 15) is 50.3 Å². The van der Waals surface area contributed by atoms with Crippen molar-refractivity contribution >= 4 is 40.7 Å². The lowest BCUT2D eigenvalue weighted by atomic mass is 9.96. The number of methoxy groups -OCH3 is 1. The van der Waals surface area contributed by atoms with Crippen molar-refractivity contribution in [1.82, 2.24) is 50.5 Å². The van der Waals surface area contributed by atoms with Gasteiger partial charge in [0.25, 0.3) is 23.6 Å². The normalized spacial score (nSPS) is 14.6. The molecule has 4 aromatic heterocycles. The van der Waals surface area contributed by atoms with Crippen molar-refractivity contribution in [3.8, 4) is 5.75 Å². The van der Waals surface area contributed by atoms with Crippen LogP contribution in [0.2, 0.25) is 0 Å². The summed E-state index contributed by atoms with van der Waals surface area (Å²) in [5.74, 6) is -5.09. The molecule has 22 heteroatoms. The first kappa shape index (κ1) is 52.9. The molecular formula is C55H48F6N10O6. The van der Waals surface area contributed by atoms with E-state index < -0.39 is 59.4 Å². The topological polar surface area (TPSA) is 203 Å². The number of carbonyl (C=O) groups excluding carboxylic acids is 5. The molecule has 77 heavy (non-hydrogen) atoms. The lowest BCUT2D eigenvalue weighted by Crippen LogP contribution is -2.30. The fourth-order valence-electron chi connectivity index (χ4n) is 9.69. The van der Waals surface area contributed by atoms with Crippen LogP contribution in [0.1, 0.15) is 140 Å². The van der Waals surface area contributed by atoms with E-state index in [0.29, 0.717) is 41.7 Å². The number of ether oxygens (including phenoxy) is 1. The molecule has 4 N–H and O–H groups in total. The molecule has 4 amide bonds. The van der Waals surface area contributed by atoms with Gasteiger partial charge in [-0.3, -0.25) is 24.0 Å². The first-order valence-electron chi connectivity index (χ1n) is 24.2. The Labute approximate surface area is 435 Å². The van der Waals surface area contributed by atoms with Gasteiger partial charge in [0.05, 0.1) is 37.2 Å². The number of carbonyl (C=O) groups is 5. The van der Waals surface area contributed by atoms with E-state index in [-0.39, 0.29) is 64.1 Å². The van der Waals surface area contributed by atoms with Gasteiger partial charge in [-0.1, -0.05) is 36.4 Å². The van der Waals surface area contributed by atoms with E-state index in [1.807, 2.05) is 39.0 Å². The van der Waals surface area contributed by atoms with Crippen molar-refractivity contribution in [3.63, 3.8) is 0 Å². The van der Waals surface area contributed by atoms with Crippen LogP contribution >= 0.6 is 0 Å². The van der Waals surface area contributed by atoms with E-state index >= 15 is 0 Å². The zero-order valence-corrected chi connectivity index (χ0v) is 42.0. The summed E-state index contributed by atoms with van der Waals surface area (Å²) in [4.78, 5) is 72.7. The molecule has 0 unspecified atom stereocenters. The molecule has 0 radical (unpaired) electrons. The Kier molecular flexibility index (Phi) is 14.7. The third-order valence-corrected chi connectivity index (χ3v) is 13.8. The average molecular weight is 1060 g/mol. The molecule has 8 aromatic rings. The highest BCUT2D eigenvalue weighted by Gasteiger charge is 2.35. The van der Waals surface area contributed by atoms with Crippen LogP contribution in [0.5, 0.6) is 5.75 Å². The summed E-state index contributed by atoms with van der Waals surface area (Å²) in [5, 5.41) is 19.2. The monoisotopic (exact) mass is 1060 g/mol. The Morgan fingerprint density at radius 3 is 1.83 bits per heavy atom. The summed E-state index contributed by atoms with van der Waals surface area (Å²) >= 11 is 0. The van der Waals surface area contributed by atoms with Crippen LogP contribution in [0.4, 0.5) is 26.3 Å². The summed E-state index contributed by atoms with van der Waals surface area (Å²) < 4.78 is 88.1. The number of Topliss-reactive ketones (excluding diaryl/α,β-unsaturated/α-hetero) is 1. The van der Waals surface area contributed by atoms with Gasteiger partial charge in [-0.25, -0.2) is 32.2 Å². The highest BCUT2D eigenvalue weighted by atomic mass is 19.4. The van der Waals surface area contributed by atoms with Gasteiger partial charge in [0.1, 0.15) is 28.6 Å². The van der Waals surface area contributed by atoms with Crippen LogP contribution in [-0.4, -0.2) is 65.7 Å². The molecule has 4 heterocycles. The number of hydrogen-bond acceptors (Lipinski definition) is 10. The van der Waals surface area contributed by atoms with Crippen molar-refractivity contribution in [1.29, 1.82) is 0 Å². The average Bonchev–Trinajstić information content (AvgIpc) is 4.26. The maximum Gasteiger partial charge on any atom is 0.419 e. The quantitative estimate of drug-likeness (QED) is 0.0677. The maximum atomic E-state index is 14.4. The zero-order chi connectivity index (χ0) is 55.0. The fraction of sp³-hybridized carbons (Fsp3) is 0.255. The van der Waals surface area contributed by atoms with Gasteiger partial charge in [0, 0.05) is 36.9 Å². The lowest BCUT2D eigenvalue weighted by molar-refractivity contribution is -0.140. The van der Waals surface area contributed by atoms with Crippen molar-refractivity contribution < 1.29 is 55.1 Å². The SMILES string of the molecule is COc1cc(CNC(=O)c2cc(C(=O)N[C@H]3CCc4c3ccc(C(C)=O)c4C)n3nccc3n2)ccc1F.Cc1ccc2c(c1C)CC[C@@H]2NC(=O)c1cc(C(=O)NCc2ccc(F)c(C(F)(F)F)c2)nc2c(F)cnn12. The summed E-state index contributed by atoms with van der Waals surface area (Å²) in [6.07, 6.45) is 0.350. The molecule has 4 aromatic carbocycles. The Morgan fingerprint density at radius 2 is 1.22 bits per heavy atom. The number of benzene rings is 4. The third-order valence-electron chi connectivity index (χ3n) is 13.8. The van der Waals surface area contributed by atoms with Crippen LogP contribution in [0, 0.1) is 38.2 Å². The van der Waals surface area contributed by atoms with Gasteiger partial charge >= 0.3 is 6.18 Å². The largest absolute Gasteiger partial charge is 0.494 e. The molecule has 2 aliphatic carbocycles. The van der Waals surface area contributed by atoms with Gasteiger partial charge in [0.2, 0.25) is 0 Å². The van der Waals surface area contributed by atoms with E-state index in [1.165, 1.54) is 41.6 Å². The molecule has 16 nitrogen and oxygen atoms in total. The number of aryl methyl sites for hydroxylation is 1. The number of nitrogens with zero attached hydrogens (tertiary/aromatic N) is 6. The second kappa shape index (κ2) is 21.4. The minimum absolute atomic E-state index is 0.0139. The van der Waals surface area contributed by atoms with E-state index in [4.69, 9.17) is 4.74 Å². The predicted molar refractivity (Wildman–Crippen MR) is 267 cm³/mol. The Balaban J connectivity index is 0.000000188. The first-order chi connectivity index (χ1) is 36.7. The van der Waals surface area contributed by atoms with Gasteiger partial charge in [-0.05, 0) is 128 Å². The summed E-state index contributed by atoms with van der Waals surface area (Å²) in [5.41, 5.74) is 7.03. The van der Waals surface area contributed by atoms with Crippen LogP contribution in [0.25, 0.3) is 11.3 Å². The Hall–Kier alpha value is -8.95. The second-order valence-electron chi connectivity index (χ2n) is 18.6. The number of rotatable bonds is 12. The van der Waals surface area contributed by atoms with Crippen LogP contribution < -0.4 is 26.0 Å². The fourth-order valence-corrected chi connectivity index (χ4v) is 9.69. The number of amides is 4. The number of ketones is 1. The minimum Gasteiger partial charge on any atom is -0.494 e. The molecule has 0 bridgehead atoms. The van der Waals surface area contributed by atoms with Crippen LogP contribution in [0.15, 0.2) is 91.3 Å². The summed E-state index contributed by atoms with van der Waals surface area (Å²) in [7, 11) is 1.37. The van der Waals surface area contributed by atoms with E-state index in [1.54, 1.807) is 25.1 Å². The number of halogens is 6. The molecule has 0 aliphatic heterocycles. The smallest absolute Gasteiger partial charge is 0.419 e. The van der Waals surface area contributed by atoms with Gasteiger partial charge in [-0.15, -0.1) is 0 Å². The van der Waals surface area contributed by atoms with E-state index in [0.717, 1.165) is 69.1 Å². The Morgan fingerprint density at radius 1 is 0.649 bits per heavy atom. The molecule has 0 saturated heterocycles. The molecular weight excluding hydrogens is 1010 g/mol. The predicted octanol–water partition coefficient (Wildman–Crippen LogP) is 8.73. The number of nitrogens with one attached hydrogen (secondary N) is 4. The number of alkyl halides is 3. The highest BCUT2D eigenvalue weighted by molar-refractivity contribution is 6.00. The highest BCUT2D eigenvalue weighted by Crippen LogP contribution is 2.37. The molecule has 10 rings (SSSR count). The molecule has 0 spiro atoms. The van der Waals surface area contributed by atoms with Crippen molar-refractivity contribution in [2.45, 2.75) is 84.7 Å². The molecule has 396 valence electrons. The molecule has 2 atom stereocenters. The second-order valence-corrected chi connectivity index (χ2v) is 18.6. The third kappa shape index (κ3) is 10.8. The molecule has 0 fully saturated rings. The summed E-state index contributed by atoms with van der Waals surface area (Å²) in [6, 6.07) is 17.9. The van der Waals surface area contributed by atoms with Crippen LogP contribution in [0.3, 0.4) is 0 Å². The number of hydrogen-bond donors (Lipinski definition) is 4. The van der Waals surface area contributed by atoms with Crippen molar-refractivity contribution in [3.05, 3.63) is 193 Å². The van der Waals surface area contributed by atoms with Gasteiger partial charge in [0.15, 0.2) is 34.5 Å². The van der Waals surface area contributed by atoms with Gasteiger partial charge in [-0.2, -0.15) is 23.4 Å². The molecule has 0 saturated carbocycles. The summed E-state index contributed by atoms with van der Waals surface area (Å²) in [6.45, 7) is 7.24. The van der Waals surface area contributed by atoms with Crippen molar-refractivity contribution in [2.75, 3.05) is 7.11 Å². The maximum absolute atomic E-state index is 14.4. The Bertz CT molecular complexity index is 3710. The minimum atomic E-state index is -4.91. The van der Waals surface area contributed by atoms with E-state index in [2.05, 4.69) is 41.4 Å². The molecule has 2 aliphatic rings.